The predicted octanol–water partition coefficient (Wildman–Crippen LogP) is 35.3. The van der Waals surface area contributed by atoms with Gasteiger partial charge >= 0.3 is 712 Å². The molecule has 0 spiro atoms. The molecule has 24 aromatic carbocycles. The van der Waals surface area contributed by atoms with Crippen molar-refractivity contribution in [1.29, 1.82) is 0 Å². The van der Waals surface area contributed by atoms with E-state index in [0.29, 0.717) is 11.1 Å². The molecule has 0 unspecified atom stereocenters. The van der Waals surface area contributed by atoms with Crippen molar-refractivity contribution < 1.29 is 13.7 Å². The van der Waals surface area contributed by atoms with Crippen molar-refractivity contribution in [2.75, 3.05) is 0 Å². The second-order valence-corrected chi connectivity index (χ2v) is 37.8. The van der Waals surface area contributed by atoms with Crippen molar-refractivity contribution in [3.05, 3.63) is 485 Å². The van der Waals surface area contributed by atoms with Crippen molar-refractivity contribution >= 4 is 154 Å². The van der Waals surface area contributed by atoms with Crippen LogP contribution in [0, 0.1) is 0 Å². The summed E-state index contributed by atoms with van der Waals surface area (Å²) in [6.07, 6.45) is 0. The predicted molar refractivity (Wildman–Crippen MR) is 562 cm³/mol. The van der Waals surface area contributed by atoms with E-state index in [-0.39, 0.29) is 88.5 Å². The van der Waals surface area contributed by atoms with Crippen molar-refractivity contribution in [1.82, 2.24) is 0 Å². The molecule has 0 N–H and O–H groups in total. The molecule has 0 bridgehead atoms. The van der Waals surface area contributed by atoms with E-state index in [1.807, 2.05) is 84.9 Å². The topological polar surface area (TPSA) is 0 Å². The summed E-state index contributed by atoms with van der Waals surface area (Å²) in [6, 6.07) is 150. The summed E-state index contributed by atoms with van der Waals surface area (Å²) in [7, 11) is 0. The zero-order chi connectivity index (χ0) is 94.4. The Labute approximate surface area is 780 Å². The first kappa shape index (κ1) is 66.8. The molecule has 0 atom stereocenters. The molecule has 0 nitrogen and oxygen atoms in total. The first-order valence-corrected chi connectivity index (χ1v) is 47.4. The third-order valence-electron chi connectivity index (χ3n) is 26.2. The van der Waals surface area contributed by atoms with Crippen LogP contribution in [0.25, 0.3) is 258 Å². The van der Waals surface area contributed by atoms with Crippen LogP contribution in [-0.2, 0) is 0 Å². The monoisotopic (exact) mass is 1790 g/mol. The summed E-state index contributed by atoms with van der Waals surface area (Å²) >= 11 is 0.00600. The van der Waals surface area contributed by atoms with Gasteiger partial charge in [0.2, 0.25) is 0 Å². The van der Waals surface area contributed by atoms with Gasteiger partial charge in [-0.25, -0.2) is 0 Å². The Kier molecular flexibility index (Phi) is 16.6. The molecule has 0 saturated carbocycles. The fourth-order valence-electron chi connectivity index (χ4n) is 20.7. The SMILES string of the molecule is [2H]c1c([2H])c([2H])c(-c2c3ccccc3c(-c3ccc4[se]c5c(-c6c7ccccc7c(-c7c([2H])c([2H])c([2H])c([2H])c7[2H])c7ccccc67)cccc5c4c3)c3ccccc23)c([2H])c1[2H].c1ccc(-c2cc(-c3ccccc3)cc(-c3c4ccccc4c(-c4ccc5[se]c6c(-c7c8ccccc8c(-c8cc(-c9ccccc9)cc(-c9ccccc9)c8)c8ccccc78)cccc6c5c4)c4ccccc34)c2)cc1. The molecule has 2 aromatic heterocycles. The van der Waals surface area contributed by atoms with E-state index >= 15 is 0 Å². The maximum Gasteiger partial charge on any atom is -0.0544 e. The zero-order valence-electron chi connectivity index (χ0n) is 80.2. The van der Waals surface area contributed by atoms with Crippen LogP contribution in [0.1, 0.15) is 13.7 Å². The molecule has 26 aromatic rings. The largest absolute Gasteiger partial charge is 0.0617 e. The molecule has 26 rings (SSSR count). The third kappa shape index (κ3) is 13.1. The fraction of sp³-hybridized carbons (Fsp3) is 0. The Morgan fingerprint density at radius 1 is 0.131 bits per heavy atom. The van der Waals surface area contributed by atoms with Gasteiger partial charge in [0.05, 0.1) is 1.37 Å². The van der Waals surface area contributed by atoms with Crippen molar-refractivity contribution in [3.8, 4) is 134 Å². The first-order valence-electron chi connectivity index (χ1n) is 49.0. The van der Waals surface area contributed by atoms with E-state index in [1.165, 1.54) is 160 Å². The van der Waals surface area contributed by atoms with E-state index < -0.39 is 12.1 Å². The minimum Gasteiger partial charge on any atom is -0.0617 e. The van der Waals surface area contributed by atoms with Gasteiger partial charge in [0.25, 0.3) is 0 Å². The third-order valence-corrected chi connectivity index (χ3v) is 31.3. The van der Waals surface area contributed by atoms with Gasteiger partial charge in [-0.3, -0.25) is 0 Å². The first-order chi connectivity index (χ1) is 68.7. The average molecular weight is 1790 g/mol. The van der Waals surface area contributed by atoms with Crippen molar-refractivity contribution in [3.63, 3.8) is 0 Å². The molecule has 0 fully saturated rings. The van der Waals surface area contributed by atoms with Crippen molar-refractivity contribution in [2.45, 2.75) is 0 Å². The maximum absolute atomic E-state index is 8.97. The second-order valence-electron chi connectivity index (χ2n) is 33.4. The maximum atomic E-state index is 8.97. The second kappa shape index (κ2) is 32.4. The summed E-state index contributed by atoms with van der Waals surface area (Å²) in [5, 5.41) is 21.9. The summed E-state index contributed by atoms with van der Waals surface area (Å²) in [4.78, 5) is 0. The van der Waals surface area contributed by atoms with E-state index in [0.717, 1.165) is 76.1 Å². The van der Waals surface area contributed by atoms with Crippen LogP contribution in [0.2, 0.25) is 0 Å². The normalized spacial score (nSPS) is 12.8. The number of hydrogen-bond acceptors (Lipinski definition) is 0. The minimum absolute atomic E-state index is 0.0808. The molecule has 0 aliphatic carbocycles. The number of benzene rings is 24. The Morgan fingerprint density at radius 2 is 0.338 bits per heavy atom. The molecule has 0 radical (unpaired) electrons. The van der Waals surface area contributed by atoms with Gasteiger partial charge in [0, 0.05) is 0 Å². The van der Waals surface area contributed by atoms with Crippen LogP contribution in [0.3, 0.4) is 0 Å². The number of fused-ring (bicyclic) bond motifs is 14. The quantitative estimate of drug-likeness (QED) is 0.0845. The molecular weight excluding hydrogens is 1700 g/mol. The van der Waals surface area contributed by atoms with E-state index in [4.69, 9.17) is 13.7 Å². The van der Waals surface area contributed by atoms with Crippen LogP contribution in [-0.4, -0.2) is 29.0 Å². The van der Waals surface area contributed by atoms with Gasteiger partial charge in [0.15, 0.2) is 0 Å². The van der Waals surface area contributed by atoms with E-state index in [2.05, 4.69) is 340 Å². The smallest absolute Gasteiger partial charge is 0.0544 e. The van der Waals surface area contributed by atoms with Crippen LogP contribution in [0.15, 0.2) is 485 Å². The van der Waals surface area contributed by atoms with Gasteiger partial charge in [-0.05, 0) is 0 Å². The van der Waals surface area contributed by atoms with Crippen LogP contribution in [0.5, 0.6) is 0 Å². The van der Waals surface area contributed by atoms with Crippen LogP contribution < -0.4 is 0 Å². The Bertz CT molecular complexity index is 9290. The van der Waals surface area contributed by atoms with Gasteiger partial charge in [0.1, 0.15) is 0 Å². The number of hydrogen-bond donors (Lipinski definition) is 0. The average Bonchev–Trinajstić information content (AvgIpc) is 1.29. The Balaban J connectivity index is 0.000000151. The fourth-order valence-corrected chi connectivity index (χ4v) is 25.7. The molecule has 604 valence electrons. The van der Waals surface area contributed by atoms with Gasteiger partial charge < -0.3 is 0 Å². The summed E-state index contributed by atoms with van der Waals surface area (Å²) in [5.41, 5.74) is 25.5. The summed E-state index contributed by atoms with van der Waals surface area (Å²) < 4.78 is 91.8. The van der Waals surface area contributed by atoms with Crippen LogP contribution >= 0.6 is 0 Å². The summed E-state index contributed by atoms with van der Waals surface area (Å²) in [6.45, 7) is 0. The van der Waals surface area contributed by atoms with E-state index in [1.54, 1.807) is 0 Å². The standard InChI is InChI=1S/C76H48Se.C52H32Se/c1-5-22-49(23-6-1)54-42-55(50-24-7-2-8-25-50)45-58(44-54)73-62-32-15-13-30-60(62)72(61-31-14-16-33-63(61)73)53-40-41-71-70(48-53)68-38-21-39-69(76(68)77-71)75-66-36-19-17-34-64(66)74(65-35-18-20-37-67(65)75)59-46-56(51-26-9-3-10-27-51)43-57(47-59)52-28-11-4-12-29-52;1-3-16-33(17-4-1)48-36-20-7-9-22-38(36)50(39-23-10-8-21-37(39)48)35-30-31-47-46(32-35)44-28-15-29-45(52(44)53-47)51-42-26-13-11-24-40(42)49(34-18-5-2-6-19-34)41-25-12-14-27-43(41)51/h1-48H;1-32H/i;1D,2D,3D,4D,5D,6D,16D,17D,18D,19D. The summed E-state index contributed by atoms with van der Waals surface area (Å²) in [5.74, 6) is 0. The molecule has 0 aliphatic heterocycles. The van der Waals surface area contributed by atoms with Crippen LogP contribution in [0.4, 0.5) is 0 Å². The van der Waals surface area contributed by atoms with E-state index in [9.17, 15) is 0 Å². The Hall–Kier alpha value is -15.6. The molecule has 0 aliphatic rings. The molecule has 0 saturated heterocycles. The molecule has 2 heterocycles. The van der Waals surface area contributed by atoms with Gasteiger partial charge in [-0.2, -0.15) is 0 Å². The van der Waals surface area contributed by atoms with Crippen molar-refractivity contribution in [2.24, 2.45) is 0 Å². The molecular formula is C128H80Se2. The molecule has 2 heteroatoms. The van der Waals surface area contributed by atoms with Gasteiger partial charge in [-0.1, -0.05) is 72.8 Å². The Morgan fingerprint density at radius 3 is 0.592 bits per heavy atom. The molecule has 0 amide bonds. The zero-order valence-corrected chi connectivity index (χ0v) is 73.7. The minimum atomic E-state index is -0.422. The van der Waals surface area contributed by atoms with Gasteiger partial charge in [-0.15, -0.1) is 0 Å². The molecule has 130 heavy (non-hydrogen) atoms. The number of rotatable bonds is 12.